The molecule has 1 aromatic heterocycles. The van der Waals surface area contributed by atoms with E-state index in [1.54, 1.807) is 0 Å². The normalized spacial score (nSPS) is 21.0. The number of ether oxygens (including phenoxy) is 1. The summed E-state index contributed by atoms with van der Waals surface area (Å²) in [6.45, 7) is 5.60. The van der Waals surface area contributed by atoms with Crippen LogP contribution in [0, 0.1) is 12.8 Å². The Labute approximate surface area is 125 Å². The lowest BCUT2D eigenvalue weighted by Crippen LogP contribution is -2.41. The molecular weight excluding hydrogens is 268 g/mol. The Morgan fingerprint density at radius 2 is 2.10 bits per heavy atom. The number of aromatic nitrogens is 2. The number of carbonyl (C=O) groups excluding carboxylic acids is 1. The highest BCUT2D eigenvalue weighted by Crippen LogP contribution is 2.40. The molecule has 0 radical (unpaired) electrons. The van der Waals surface area contributed by atoms with Crippen LogP contribution in [0.4, 0.5) is 10.6 Å². The molecule has 2 N–H and O–H groups in total. The molecule has 1 saturated heterocycles. The first-order valence-corrected chi connectivity index (χ1v) is 7.84. The van der Waals surface area contributed by atoms with E-state index in [0.717, 1.165) is 37.4 Å². The molecule has 1 aliphatic carbocycles. The molecule has 1 aromatic rings. The SMILES string of the molecule is Cc1cnn(C(C)C2CC2)c1NC(=O)NC1CCOCC1. The van der Waals surface area contributed by atoms with E-state index in [2.05, 4.69) is 22.7 Å². The number of aryl methyl sites for hydroxylation is 1. The highest BCUT2D eigenvalue weighted by Gasteiger charge is 2.31. The third-order valence-corrected chi connectivity index (χ3v) is 4.46. The molecule has 21 heavy (non-hydrogen) atoms. The van der Waals surface area contributed by atoms with Gasteiger partial charge >= 0.3 is 6.03 Å². The van der Waals surface area contributed by atoms with Gasteiger partial charge in [0.25, 0.3) is 0 Å². The van der Waals surface area contributed by atoms with Crippen molar-refractivity contribution >= 4 is 11.8 Å². The number of urea groups is 1. The zero-order valence-corrected chi connectivity index (χ0v) is 12.8. The summed E-state index contributed by atoms with van der Waals surface area (Å²) >= 11 is 0. The largest absolute Gasteiger partial charge is 0.381 e. The van der Waals surface area contributed by atoms with Gasteiger partial charge in [-0.25, -0.2) is 9.48 Å². The maximum Gasteiger partial charge on any atom is 0.320 e. The summed E-state index contributed by atoms with van der Waals surface area (Å²) in [5.74, 6) is 1.52. The first kappa shape index (κ1) is 14.4. The summed E-state index contributed by atoms with van der Waals surface area (Å²) in [4.78, 5) is 12.2. The second kappa shape index (κ2) is 6.05. The van der Waals surface area contributed by atoms with E-state index in [4.69, 9.17) is 4.74 Å². The molecule has 1 unspecified atom stereocenters. The van der Waals surface area contributed by atoms with Gasteiger partial charge in [-0.3, -0.25) is 5.32 Å². The number of anilines is 1. The molecule has 0 aromatic carbocycles. The van der Waals surface area contributed by atoms with E-state index in [-0.39, 0.29) is 12.1 Å². The Bertz CT molecular complexity index is 504. The molecule has 2 heterocycles. The first-order chi connectivity index (χ1) is 10.1. The second-order valence-corrected chi connectivity index (χ2v) is 6.18. The average molecular weight is 292 g/mol. The van der Waals surface area contributed by atoms with Crippen molar-refractivity contribution in [2.45, 2.75) is 51.6 Å². The lowest BCUT2D eigenvalue weighted by atomic mass is 10.1. The number of rotatable bonds is 4. The Hall–Kier alpha value is -1.56. The predicted octanol–water partition coefficient (Wildman–Crippen LogP) is 2.46. The van der Waals surface area contributed by atoms with E-state index in [0.29, 0.717) is 12.0 Å². The molecule has 3 rings (SSSR count). The van der Waals surface area contributed by atoms with Crippen molar-refractivity contribution in [3.63, 3.8) is 0 Å². The topological polar surface area (TPSA) is 68.2 Å². The van der Waals surface area contributed by atoms with E-state index < -0.39 is 0 Å². The summed E-state index contributed by atoms with van der Waals surface area (Å²) in [5.41, 5.74) is 1.00. The van der Waals surface area contributed by atoms with Crippen molar-refractivity contribution in [1.82, 2.24) is 15.1 Å². The summed E-state index contributed by atoms with van der Waals surface area (Å²) in [5, 5.41) is 10.4. The summed E-state index contributed by atoms with van der Waals surface area (Å²) < 4.78 is 7.26. The number of hydrogen-bond acceptors (Lipinski definition) is 3. The lowest BCUT2D eigenvalue weighted by Gasteiger charge is -2.23. The van der Waals surface area contributed by atoms with Crippen LogP contribution in [0.15, 0.2) is 6.20 Å². The Morgan fingerprint density at radius 1 is 1.38 bits per heavy atom. The minimum atomic E-state index is -0.144. The van der Waals surface area contributed by atoms with E-state index in [1.165, 1.54) is 12.8 Å². The van der Waals surface area contributed by atoms with Crippen molar-refractivity contribution in [3.05, 3.63) is 11.8 Å². The quantitative estimate of drug-likeness (QED) is 0.895. The van der Waals surface area contributed by atoms with Gasteiger partial charge in [0.15, 0.2) is 0 Å². The summed E-state index contributed by atoms with van der Waals surface area (Å²) in [6.07, 6.45) is 6.10. The van der Waals surface area contributed by atoms with Crippen LogP contribution in [0.1, 0.15) is 44.2 Å². The van der Waals surface area contributed by atoms with E-state index >= 15 is 0 Å². The number of amides is 2. The minimum absolute atomic E-state index is 0.144. The Morgan fingerprint density at radius 3 is 2.76 bits per heavy atom. The van der Waals surface area contributed by atoms with Gasteiger partial charge in [0.2, 0.25) is 0 Å². The van der Waals surface area contributed by atoms with Gasteiger partial charge < -0.3 is 10.1 Å². The maximum absolute atomic E-state index is 12.2. The van der Waals surface area contributed by atoms with Gasteiger partial charge in [-0.1, -0.05) is 0 Å². The van der Waals surface area contributed by atoms with Crippen LogP contribution < -0.4 is 10.6 Å². The Kier molecular flexibility index (Phi) is 4.14. The van der Waals surface area contributed by atoms with Crippen molar-refractivity contribution in [3.8, 4) is 0 Å². The third kappa shape index (κ3) is 3.37. The lowest BCUT2D eigenvalue weighted by molar-refractivity contribution is 0.0806. The monoisotopic (exact) mass is 292 g/mol. The fraction of sp³-hybridized carbons (Fsp3) is 0.733. The molecule has 2 fully saturated rings. The zero-order valence-electron chi connectivity index (χ0n) is 12.8. The van der Waals surface area contributed by atoms with Crippen molar-refractivity contribution in [1.29, 1.82) is 0 Å². The fourth-order valence-electron chi connectivity index (χ4n) is 2.86. The number of hydrogen-bond donors (Lipinski definition) is 2. The van der Waals surface area contributed by atoms with Crippen LogP contribution in [0.3, 0.4) is 0 Å². The van der Waals surface area contributed by atoms with E-state index in [1.807, 2.05) is 17.8 Å². The molecule has 116 valence electrons. The van der Waals surface area contributed by atoms with Crippen molar-refractivity contribution < 1.29 is 9.53 Å². The van der Waals surface area contributed by atoms with Gasteiger partial charge in [-0.15, -0.1) is 0 Å². The van der Waals surface area contributed by atoms with Crippen LogP contribution >= 0.6 is 0 Å². The van der Waals surface area contributed by atoms with Gasteiger partial charge in [0.1, 0.15) is 5.82 Å². The molecule has 1 saturated carbocycles. The van der Waals surface area contributed by atoms with Crippen molar-refractivity contribution in [2.24, 2.45) is 5.92 Å². The molecule has 1 aliphatic heterocycles. The highest BCUT2D eigenvalue weighted by atomic mass is 16.5. The van der Waals surface area contributed by atoms with Crippen LogP contribution in [0.2, 0.25) is 0 Å². The molecular formula is C15H24N4O2. The first-order valence-electron chi connectivity index (χ1n) is 7.84. The third-order valence-electron chi connectivity index (χ3n) is 4.46. The smallest absolute Gasteiger partial charge is 0.320 e. The molecule has 2 amide bonds. The maximum atomic E-state index is 12.2. The Balaban J connectivity index is 1.63. The molecule has 1 atom stereocenters. The number of carbonyl (C=O) groups is 1. The predicted molar refractivity (Wildman–Crippen MR) is 80.4 cm³/mol. The summed E-state index contributed by atoms with van der Waals surface area (Å²) in [6, 6.07) is 0.406. The van der Waals surface area contributed by atoms with Crippen LogP contribution in [0.25, 0.3) is 0 Å². The molecule has 6 heteroatoms. The molecule has 0 spiro atoms. The van der Waals surface area contributed by atoms with Crippen molar-refractivity contribution in [2.75, 3.05) is 18.5 Å². The standard InChI is InChI=1S/C15H24N4O2/c1-10-9-16-19(11(2)12-3-4-12)14(10)18-15(20)17-13-5-7-21-8-6-13/h9,11-13H,3-8H2,1-2H3,(H2,17,18,20). The van der Waals surface area contributed by atoms with Gasteiger partial charge in [-0.05, 0) is 45.4 Å². The van der Waals surface area contributed by atoms with Crippen LogP contribution in [0.5, 0.6) is 0 Å². The summed E-state index contributed by atoms with van der Waals surface area (Å²) in [7, 11) is 0. The number of nitrogens with one attached hydrogen (secondary N) is 2. The van der Waals surface area contributed by atoms with E-state index in [9.17, 15) is 4.79 Å². The molecule has 2 aliphatic rings. The van der Waals surface area contributed by atoms with Crippen LogP contribution in [-0.4, -0.2) is 35.1 Å². The van der Waals surface area contributed by atoms with Gasteiger partial charge in [0, 0.05) is 24.8 Å². The fourth-order valence-corrected chi connectivity index (χ4v) is 2.86. The number of nitrogens with zero attached hydrogens (tertiary/aromatic N) is 2. The minimum Gasteiger partial charge on any atom is -0.381 e. The van der Waals surface area contributed by atoms with Gasteiger partial charge in [0.05, 0.1) is 12.2 Å². The van der Waals surface area contributed by atoms with Gasteiger partial charge in [-0.2, -0.15) is 5.10 Å². The molecule has 6 nitrogen and oxygen atoms in total. The molecule has 0 bridgehead atoms. The van der Waals surface area contributed by atoms with Crippen LogP contribution in [-0.2, 0) is 4.74 Å². The zero-order chi connectivity index (χ0) is 14.8. The second-order valence-electron chi connectivity index (χ2n) is 6.18. The highest BCUT2D eigenvalue weighted by molar-refractivity contribution is 5.89. The average Bonchev–Trinajstić information content (AvgIpc) is 3.26.